The van der Waals surface area contributed by atoms with Crippen LogP contribution in [0.3, 0.4) is 0 Å². The standard InChI is InChI=1S/C26H27NO4S/c1-3-31-26(2,25(28)29)18-19-12-14-20(15-13-19)30-17-16-27-21-8-4-6-10-23(21)32-24-11-7-5-9-22(24)27/h4-15H,3,16-18H2,1-2H3,(H,28,29). The van der Waals surface area contributed by atoms with Crippen LogP contribution >= 0.6 is 11.8 Å². The van der Waals surface area contributed by atoms with Gasteiger partial charge in [-0.3, -0.25) is 0 Å². The highest BCUT2D eigenvalue weighted by Crippen LogP contribution is 2.47. The van der Waals surface area contributed by atoms with Crippen LogP contribution in [0.2, 0.25) is 0 Å². The second-order valence-corrected chi connectivity index (χ2v) is 8.91. The lowest BCUT2D eigenvalue weighted by molar-refractivity contribution is -0.162. The first-order valence-electron chi connectivity index (χ1n) is 10.7. The average molecular weight is 450 g/mol. The van der Waals surface area contributed by atoms with Gasteiger partial charge in [0, 0.05) is 22.8 Å². The Morgan fingerprint density at radius 1 is 0.969 bits per heavy atom. The summed E-state index contributed by atoms with van der Waals surface area (Å²) >= 11 is 1.79. The molecule has 0 amide bonds. The molecule has 6 heteroatoms. The lowest BCUT2D eigenvalue weighted by Crippen LogP contribution is -2.40. The summed E-state index contributed by atoms with van der Waals surface area (Å²) < 4.78 is 11.5. The molecule has 1 heterocycles. The van der Waals surface area contributed by atoms with Gasteiger partial charge in [0.25, 0.3) is 0 Å². The van der Waals surface area contributed by atoms with Gasteiger partial charge in [-0.1, -0.05) is 48.2 Å². The molecule has 1 aliphatic heterocycles. The lowest BCUT2D eigenvalue weighted by atomic mass is 9.96. The number of carboxylic acid groups (broad SMARTS) is 1. The van der Waals surface area contributed by atoms with Gasteiger partial charge >= 0.3 is 5.97 Å². The molecule has 1 aliphatic rings. The predicted octanol–water partition coefficient (Wildman–Crippen LogP) is 5.79. The molecule has 1 N–H and O–H groups in total. The number of para-hydroxylation sites is 2. The number of hydrogen-bond acceptors (Lipinski definition) is 5. The van der Waals surface area contributed by atoms with Crippen LogP contribution in [0.1, 0.15) is 19.4 Å². The van der Waals surface area contributed by atoms with Crippen molar-refractivity contribution in [1.29, 1.82) is 0 Å². The van der Waals surface area contributed by atoms with E-state index in [1.165, 1.54) is 21.2 Å². The summed E-state index contributed by atoms with van der Waals surface area (Å²) in [6.45, 7) is 5.01. The number of carboxylic acids is 1. The third kappa shape index (κ3) is 4.76. The highest BCUT2D eigenvalue weighted by atomic mass is 32.2. The van der Waals surface area contributed by atoms with Crippen LogP contribution in [-0.2, 0) is 16.0 Å². The van der Waals surface area contributed by atoms with E-state index in [2.05, 4.69) is 53.4 Å². The maximum atomic E-state index is 11.6. The number of carbonyl (C=O) groups is 1. The molecular weight excluding hydrogens is 422 g/mol. The normalized spacial score (nSPS) is 14.2. The molecule has 0 aromatic heterocycles. The summed E-state index contributed by atoms with van der Waals surface area (Å²) in [5, 5.41) is 9.50. The Morgan fingerprint density at radius 2 is 1.56 bits per heavy atom. The molecule has 0 saturated carbocycles. The van der Waals surface area contributed by atoms with Crippen molar-refractivity contribution in [1.82, 2.24) is 0 Å². The van der Waals surface area contributed by atoms with E-state index in [9.17, 15) is 9.90 Å². The van der Waals surface area contributed by atoms with Crippen LogP contribution in [0.5, 0.6) is 5.75 Å². The second kappa shape index (κ2) is 9.67. The van der Waals surface area contributed by atoms with Crippen LogP contribution < -0.4 is 9.64 Å². The minimum absolute atomic E-state index is 0.301. The fourth-order valence-electron chi connectivity index (χ4n) is 3.88. The molecule has 5 nitrogen and oxygen atoms in total. The molecular formula is C26H27NO4S. The van der Waals surface area contributed by atoms with Crippen LogP contribution in [0.25, 0.3) is 0 Å². The van der Waals surface area contributed by atoms with Crippen LogP contribution in [-0.4, -0.2) is 36.4 Å². The second-order valence-electron chi connectivity index (χ2n) is 7.83. The smallest absolute Gasteiger partial charge is 0.336 e. The molecule has 166 valence electrons. The molecule has 3 aromatic rings. The van der Waals surface area contributed by atoms with E-state index in [1.807, 2.05) is 24.3 Å². The summed E-state index contributed by atoms with van der Waals surface area (Å²) in [7, 11) is 0. The molecule has 0 aliphatic carbocycles. The third-order valence-corrected chi connectivity index (χ3v) is 6.63. The Morgan fingerprint density at radius 3 is 2.12 bits per heavy atom. The van der Waals surface area contributed by atoms with E-state index < -0.39 is 11.6 Å². The van der Waals surface area contributed by atoms with Gasteiger partial charge in [-0.05, 0) is 55.8 Å². The Bertz CT molecular complexity index is 1040. The van der Waals surface area contributed by atoms with Gasteiger partial charge in [-0.25, -0.2) is 4.79 Å². The first-order valence-corrected chi connectivity index (χ1v) is 11.5. The molecule has 3 aromatic carbocycles. The van der Waals surface area contributed by atoms with E-state index in [-0.39, 0.29) is 0 Å². The molecule has 0 bridgehead atoms. The number of hydrogen-bond donors (Lipinski definition) is 1. The van der Waals surface area contributed by atoms with Crippen molar-refractivity contribution in [2.24, 2.45) is 0 Å². The Labute approximate surface area is 193 Å². The summed E-state index contributed by atoms with van der Waals surface area (Å²) in [5.74, 6) is -0.199. The highest BCUT2D eigenvalue weighted by molar-refractivity contribution is 7.99. The fraction of sp³-hybridized carbons (Fsp3) is 0.269. The Hall–Kier alpha value is -2.96. The minimum atomic E-state index is -1.23. The number of fused-ring (bicyclic) bond motifs is 2. The van der Waals surface area contributed by atoms with Crippen LogP contribution in [0, 0.1) is 0 Å². The molecule has 0 saturated heterocycles. The van der Waals surface area contributed by atoms with E-state index >= 15 is 0 Å². The number of rotatable bonds is 9. The number of aliphatic carboxylic acids is 1. The number of benzene rings is 3. The molecule has 0 spiro atoms. The summed E-state index contributed by atoms with van der Waals surface area (Å²) in [5.41, 5.74) is 2.05. The van der Waals surface area contributed by atoms with Gasteiger partial charge in [0.1, 0.15) is 12.4 Å². The summed E-state index contributed by atoms with van der Waals surface area (Å²) in [4.78, 5) is 16.4. The molecule has 0 radical (unpaired) electrons. The van der Waals surface area contributed by atoms with Gasteiger partial charge in [-0.15, -0.1) is 0 Å². The van der Waals surface area contributed by atoms with Crippen molar-refractivity contribution in [3.05, 3.63) is 78.4 Å². The Kier molecular flexibility index (Phi) is 6.72. The van der Waals surface area contributed by atoms with Gasteiger partial charge in [0.15, 0.2) is 5.60 Å². The minimum Gasteiger partial charge on any atom is -0.492 e. The van der Waals surface area contributed by atoms with Crippen LogP contribution in [0.4, 0.5) is 11.4 Å². The summed E-state index contributed by atoms with van der Waals surface area (Å²) in [6.07, 6.45) is 0.301. The number of nitrogens with zero attached hydrogens (tertiary/aromatic N) is 1. The molecule has 0 fully saturated rings. The molecule has 1 atom stereocenters. The van der Waals surface area contributed by atoms with Crippen molar-refractivity contribution in [3.63, 3.8) is 0 Å². The predicted molar refractivity (Wildman–Crippen MR) is 127 cm³/mol. The van der Waals surface area contributed by atoms with E-state index in [0.29, 0.717) is 19.6 Å². The first kappa shape index (κ1) is 22.2. The summed E-state index contributed by atoms with van der Waals surface area (Å²) in [6, 6.07) is 24.4. The Balaban J connectivity index is 1.41. The van der Waals surface area contributed by atoms with Crippen LogP contribution in [0.15, 0.2) is 82.6 Å². The average Bonchev–Trinajstić information content (AvgIpc) is 2.80. The van der Waals surface area contributed by atoms with Gasteiger partial charge in [-0.2, -0.15) is 0 Å². The molecule has 32 heavy (non-hydrogen) atoms. The molecule has 4 rings (SSSR count). The zero-order valence-electron chi connectivity index (χ0n) is 18.3. The number of anilines is 2. The van der Waals surface area contributed by atoms with Crippen molar-refractivity contribution in [2.45, 2.75) is 35.7 Å². The first-order chi connectivity index (χ1) is 15.5. The van der Waals surface area contributed by atoms with Gasteiger partial charge in [0.05, 0.1) is 17.9 Å². The monoisotopic (exact) mass is 449 g/mol. The van der Waals surface area contributed by atoms with Gasteiger partial charge in [0.2, 0.25) is 0 Å². The van der Waals surface area contributed by atoms with E-state index in [0.717, 1.165) is 17.9 Å². The third-order valence-electron chi connectivity index (χ3n) is 5.50. The SMILES string of the molecule is CCOC(C)(Cc1ccc(OCCN2c3ccccc3Sc3ccccc32)cc1)C(=O)O. The maximum absolute atomic E-state index is 11.6. The van der Waals surface area contributed by atoms with Crippen molar-refractivity contribution >= 4 is 29.1 Å². The molecule has 1 unspecified atom stereocenters. The zero-order valence-corrected chi connectivity index (χ0v) is 19.1. The maximum Gasteiger partial charge on any atom is 0.336 e. The quantitative estimate of drug-likeness (QED) is 0.446. The van der Waals surface area contributed by atoms with Gasteiger partial charge < -0.3 is 19.5 Å². The van der Waals surface area contributed by atoms with E-state index in [1.54, 1.807) is 25.6 Å². The highest BCUT2D eigenvalue weighted by Gasteiger charge is 2.34. The van der Waals surface area contributed by atoms with Crippen molar-refractivity contribution < 1.29 is 19.4 Å². The fourth-order valence-corrected chi connectivity index (χ4v) is 4.97. The van der Waals surface area contributed by atoms with Crippen molar-refractivity contribution in [3.8, 4) is 5.75 Å². The van der Waals surface area contributed by atoms with E-state index in [4.69, 9.17) is 9.47 Å². The topological polar surface area (TPSA) is 59.0 Å². The largest absolute Gasteiger partial charge is 0.492 e. The van der Waals surface area contributed by atoms with Crippen molar-refractivity contribution in [2.75, 3.05) is 24.7 Å². The zero-order chi connectivity index (χ0) is 22.6. The lowest BCUT2D eigenvalue weighted by Gasteiger charge is -2.32. The number of ether oxygens (including phenoxy) is 2.